The van der Waals surface area contributed by atoms with Crippen molar-refractivity contribution in [3.63, 3.8) is 0 Å². The Morgan fingerprint density at radius 3 is 2.63 bits per heavy atom. The molecule has 0 radical (unpaired) electrons. The lowest BCUT2D eigenvalue weighted by Gasteiger charge is -2.32. The maximum atomic E-state index is 13.0. The molecule has 0 atom stereocenters. The maximum Gasteiger partial charge on any atom is 0.293 e. The minimum absolute atomic E-state index is 0.102. The first kappa shape index (κ1) is 24.7. The maximum absolute atomic E-state index is 13.0. The number of fused-ring (bicyclic) bond motifs is 1. The molecule has 0 spiro atoms. The molecule has 0 unspecified atom stereocenters. The summed E-state index contributed by atoms with van der Waals surface area (Å²) in [5.74, 6) is 0.933. The van der Waals surface area contributed by atoms with Crippen molar-refractivity contribution in [1.82, 2.24) is 24.8 Å². The second kappa shape index (κ2) is 10.5. The van der Waals surface area contributed by atoms with Crippen LogP contribution < -0.4 is 25.8 Å². The minimum Gasteiger partial charge on any atom is -0.478 e. The smallest absolute Gasteiger partial charge is 0.293 e. The van der Waals surface area contributed by atoms with Crippen LogP contribution in [0.1, 0.15) is 19.9 Å². The molecule has 1 aromatic carbocycles. The van der Waals surface area contributed by atoms with E-state index in [0.29, 0.717) is 16.8 Å². The van der Waals surface area contributed by atoms with Gasteiger partial charge in [0.25, 0.3) is 11.5 Å². The van der Waals surface area contributed by atoms with Crippen molar-refractivity contribution in [3.05, 3.63) is 45.8 Å². The number of carbonyl (C=O) groups is 1. The summed E-state index contributed by atoms with van der Waals surface area (Å²) in [6.45, 7) is 7.20. The zero-order valence-corrected chi connectivity index (χ0v) is 21.1. The Morgan fingerprint density at radius 2 is 1.94 bits per heavy atom. The Hall–Kier alpha value is -3.37. The van der Waals surface area contributed by atoms with E-state index in [9.17, 15) is 9.59 Å². The van der Waals surface area contributed by atoms with E-state index in [1.54, 1.807) is 16.8 Å². The summed E-state index contributed by atoms with van der Waals surface area (Å²) in [7, 11) is 3.62. The van der Waals surface area contributed by atoms with Crippen molar-refractivity contribution in [3.8, 4) is 5.75 Å². The van der Waals surface area contributed by atoms with Crippen LogP contribution in [0.25, 0.3) is 10.9 Å². The van der Waals surface area contributed by atoms with E-state index in [-0.39, 0.29) is 29.9 Å². The van der Waals surface area contributed by atoms with E-state index in [2.05, 4.69) is 37.4 Å². The third-order valence-electron chi connectivity index (χ3n) is 5.94. The van der Waals surface area contributed by atoms with Crippen LogP contribution >= 0.6 is 11.6 Å². The van der Waals surface area contributed by atoms with Gasteiger partial charge in [-0.25, -0.2) is 4.98 Å². The monoisotopic (exact) mass is 499 g/mol. The van der Waals surface area contributed by atoms with Gasteiger partial charge in [-0.2, -0.15) is 4.98 Å². The van der Waals surface area contributed by atoms with Crippen LogP contribution in [-0.4, -0.2) is 72.2 Å². The normalized spacial score (nSPS) is 14.4. The van der Waals surface area contributed by atoms with Gasteiger partial charge in [-0.3, -0.25) is 9.59 Å². The highest BCUT2D eigenvalue weighted by Crippen LogP contribution is 2.28. The van der Waals surface area contributed by atoms with Gasteiger partial charge in [-0.1, -0.05) is 11.6 Å². The van der Waals surface area contributed by atoms with Crippen molar-refractivity contribution in [2.45, 2.75) is 19.9 Å². The van der Waals surface area contributed by atoms with E-state index in [0.717, 1.165) is 42.8 Å². The lowest BCUT2D eigenvalue weighted by molar-refractivity contribution is -0.122. The molecule has 1 aliphatic heterocycles. The summed E-state index contributed by atoms with van der Waals surface area (Å²) < 4.78 is 7.19. The van der Waals surface area contributed by atoms with E-state index in [4.69, 9.17) is 16.3 Å². The number of likely N-dealkylation sites (N-methyl/N-ethyl adjacent to an activating group) is 2. The van der Waals surface area contributed by atoms with E-state index in [1.165, 1.54) is 7.05 Å². The lowest BCUT2D eigenvalue weighted by Crippen LogP contribution is -2.45. The third-order valence-corrected chi connectivity index (χ3v) is 6.21. The van der Waals surface area contributed by atoms with Crippen LogP contribution in [0.3, 0.4) is 0 Å². The van der Waals surface area contributed by atoms with Crippen LogP contribution in [0.15, 0.2) is 35.3 Å². The Labute approximate surface area is 208 Å². The number of halogens is 1. The number of ether oxygens (including phenoxy) is 1. The molecule has 1 aliphatic rings. The number of pyridine rings is 1. The molecule has 2 N–H and O–H groups in total. The van der Waals surface area contributed by atoms with E-state index < -0.39 is 0 Å². The number of carbonyl (C=O) groups excluding carboxylic acids is 1. The average Bonchev–Trinajstić information content (AvgIpc) is 2.84. The molecular weight excluding hydrogens is 470 g/mol. The predicted molar refractivity (Wildman–Crippen MR) is 138 cm³/mol. The minimum atomic E-state index is -0.314. The fraction of sp³-hybridized carbons (Fsp3) is 0.417. The number of hydrogen-bond donors (Lipinski definition) is 2. The summed E-state index contributed by atoms with van der Waals surface area (Å²) in [4.78, 5) is 38.1. The summed E-state index contributed by atoms with van der Waals surface area (Å²) in [6, 6.07) is 7.20. The van der Waals surface area contributed by atoms with Gasteiger partial charge in [0.15, 0.2) is 18.2 Å². The fourth-order valence-electron chi connectivity index (χ4n) is 3.97. The Bertz CT molecular complexity index is 1290. The molecule has 2 aromatic heterocycles. The molecule has 0 aliphatic carbocycles. The molecule has 11 heteroatoms. The second-order valence-electron chi connectivity index (χ2n) is 8.79. The third kappa shape index (κ3) is 5.49. The van der Waals surface area contributed by atoms with Gasteiger partial charge in [-0.15, -0.1) is 0 Å². The molecule has 10 nitrogen and oxygen atoms in total. The molecule has 1 amide bonds. The van der Waals surface area contributed by atoms with Gasteiger partial charge in [0.1, 0.15) is 5.02 Å². The summed E-state index contributed by atoms with van der Waals surface area (Å²) in [5, 5.41) is 6.96. The quantitative estimate of drug-likeness (QED) is 0.511. The standard InChI is InChI=1S/C24H30ClN7O3/c1-15(2)32-19-6-5-17(11-16(19)12-20(23(32)34)35-14-21(33)26-3)28-22-18(25)13-27-24(29-22)31-9-7-30(4)8-10-31/h5-6,11-13,15H,7-10,14H2,1-4H3,(H,26,33)(H,27,28,29). The summed E-state index contributed by atoms with van der Waals surface area (Å²) >= 11 is 6.41. The summed E-state index contributed by atoms with van der Waals surface area (Å²) in [5.41, 5.74) is 1.22. The Balaban J connectivity index is 1.66. The molecular formula is C24H30ClN7O3. The molecule has 1 fully saturated rings. The number of hydrogen-bond acceptors (Lipinski definition) is 8. The van der Waals surface area contributed by atoms with Crippen molar-refractivity contribution in [2.75, 3.05) is 57.1 Å². The van der Waals surface area contributed by atoms with Crippen molar-refractivity contribution < 1.29 is 9.53 Å². The molecule has 3 heterocycles. The van der Waals surface area contributed by atoms with Crippen LogP contribution in [0.4, 0.5) is 17.5 Å². The molecule has 3 aromatic rings. The largest absolute Gasteiger partial charge is 0.478 e. The number of piperazine rings is 1. The molecule has 1 saturated heterocycles. The van der Waals surface area contributed by atoms with Crippen molar-refractivity contribution in [2.24, 2.45) is 0 Å². The molecule has 0 saturated carbocycles. The first-order valence-electron chi connectivity index (χ1n) is 11.5. The van der Waals surface area contributed by atoms with Crippen molar-refractivity contribution in [1.29, 1.82) is 0 Å². The first-order chi connectivity index (χ1) is 16.8. The van der Waals surface area contributed by atoms with Gasteiger partial charge < -0.3 is 29.7 Å². The Kier molecular flexibility index (Phi) is 7.42. The van der Waals surface area contributed by atoms with E-state index in [1.807, 2.05) is 32.0 Å². The molecule has 186 valence electrons. The SMILES string of the molecule is CNC(=O)COc1cc2cc(Nc3nc(N4CCN(C)CC4)ncc3Cl)ccc2n(C(C)C)c1=O. The number of aromatic nitrogens is 3. The average molecular weight is 500 g/mol. The number of amides is 1. The summed E-state index contributed by atoms with van der Waals surface area (Å²) in [6.07, 6.45) is 1.60. The van der Waals surface area contributed by atoms with Gasteiger partial charge in [0.05, 0.1) is 11.7 Å². The number of nitrogens with zero attached hydrogens (tertiary/aromatic N) is 5. The number of nitrogens with one attached hydrogen (secondary N) is 2. The number of rotatable bonds is 7. The fourth-order valence-corrected chi connectivity index (χ4v) is 4.11. The lowest BCUT2D eigenvalue weighted by atomic mass is 10.1. The zero-order valence-electron chi connectivity index (χ0n) is 20.3. The van der Waals surface area contributed by atoms with Gasteiger partial charge >= 0.3 is 0 Å². The van der Waals surface area contributed by atoms with Gasteiger partial charge in [0.2, 0.25) is 5.95 Å². The highest BCUT2D eigenvalue weighted by atomic mass is 35.5. The zero-order chi connectivity index (χ0) is 25.1. The molecule has 0 bridgehead atoms. The van der Waals surface area contributed by atoms with Gasteiger partial charge in [0, 0.05) is 50.3 Å². The predicted octanol–water partition coefficient (Wildman–Crippen LogP) is 2.65. The van der Waals surface area contributed by atoms with Gasteiger partial charge in [-0.05, 0) is 45.2 Å². The second-order valence-corrected chi connectivity index (χ2v) is 9.20. The van der Waals surface area contributed by atoms with E-state index >= 15 is 0 Å². The molecule has 35 heavy (non-hydrogen) atoms. The topological polar surface area (TPSA) is 105 Å². The van der Waals surface area contributed by atoms with Crippen LogP contribution in [0, 0.1) is 0 Å². The highest BCUT2D eigenvalue weighted by molar-refractivity contribution is 6.32. The number of benzene rings is 1. The van der Waals surface area contributed by atoms with Crippen LogP contribution in [-0.2, 0) is 4.79 Å². The Morgan fingerprint density at radius 1 is 1.20 bits per heavy atom. The van der Waals surface area contributed by atoms with Crippen molar-refractivity contribution >= 4 is 45.9 Å². The number of anilines is 3. The highest BCUT2D eigenvalue weighted by Gasteiger charge is 2.18. The van der Waals surface area contributed by atoms with Crippen LogP contribution in [0.2, 0.25) is 5.02 Å². The van der Waals surface area contributed by atoms with Crippen LogP contribution in [0.5, 0.6) is 5.75 Å². The first-order valence-corrected chi connectivity index (χ1v) is 11.9. The molecule has 4 rings (SSSR count).